The summed E-state index contributed by atoms with van der Waals surface area (Å²) in [7, 11) is 1.77. The summed E-state index contributed by atoms with van der Waals surface area (Å²) in [6, 6.07) is 9.12. The highest BCUT2D eigenvalue weighted by Crippen LogP contribution is 2.28. The molecule has 7 nitrogen and oxygen atoms in total. The zero-order valence-electron chi connectivity index (χ0n) is 13.9. The van der Waals surface area contributed by atoms with Crippen LogP contribution in [0, 0.1) is 0 Å². The van der Waals surface area contributed by atoms with E-state index in [1.54, 1.807) is 43.2 Å². The average Bonchev–Trinajstić information content (AvgIpc) is 3.13. The van der Waals surface area contributed by atoms with E-state index in [2.05, 4.69) is 10.4 Å². The number of nitrogens with zero attached hydrogens (tertiary/aromatic N) is 2. The van der Waals surface area contributed by atoms with E-state index in [4.69, 9.17) is 9.47 Å². The van der Waals surface area contributed by atoms with Crippen molar-refractivity contribution in [3.05, 3.63) is 65.5 Å². The Bertz CT molecular complexity index is 865. The molecule has 0 saturated heterocycles. The van der Waals surface area contributed by atoms with Crippen LogP contribution >= 0.6 is 0 Å². The molecule has 0 fully saturated rings. The lowest BCUT2D eigenvalue weighted by Gasteiger charge is -2.08. The Morgan fingerprint density at radius 2 is 2.12 bits per heavy atom. The summed E-state index contributed by atoms with van der Waals surface area (Å²) >= 11 is 0. The summed E-state index contributed by atoms with van der Waals surface area (Å²) in [5.41, 5.74) is 1.23. The van der Waals surface area contributed by atoms with Gasteiger partial charge in [-0.25, -0.2) is 4.79 Å². The van der Waals surface area contributed by atoms with Gasteiger partial charge in [0.05, 0.1) is 12.8 Å². The van der Waals surface area contributed by atoms with Crippen molar-refractivity contribution in [1.29, 1.82) is 0 Å². The number of ketones is 1. The summed E-state index contributed by atoms with van der Waals surface area (Å²) in [4.78, 5) is 24.8. The van der Waals surface area contributed by atoms with E-state index < -0.39 is 11.8 Å². The number of benzene rings is 1. The van der Waals surface area contributed by atoms with Crippen LogP contribution in [0.5, 0.6) is 0 Å². The van der Waals surface area contributed by atoms with Gasteiger partial charge in [-0.05, 0) is 25.1 Å². The number of allylic oxidation sites excluding steroid dienone is 1. The second-order valence-corrected chi connectivity index (χ2v) is 5.30. The van der Waals surface area contributed by atoms with E-state index in [9.17, 15) is 9.59 Å². The third-order valence-corrected chi connectivity index (χ3v) is 3.42. The molecule has 0 amide bonds. The minimum atomic E-state index is -0.722. The standard InChI is InChI=1S/C18H17N3O4/c1-3-24-18(23)15-16(22)14(9-12-10-19-21(2)11-12)25-17(15)20-13-7-5-4-6-8-13/h4-11,20H,3H2,1-2H3/b14-9-. The van der Waals surface area contributed by atoms with Crippen LogP contribution in [-0.2, 0) is 26.1 Å². The second kappa shape index (κ2) is 7.04. The quantitative estimate of drug-likeness (QED) is 0.511. The lowest BCUT2D eigenvalue weighted by Crippen LogP contribution is -2.16. The van der Waals surface area contributed by atoms with Crippen LogP contribution < -0.4 is 5.32 Å². The number of esters is 1. The summed E-state index contributed by atoms with van der Waals surface area (Å²) in [6.07, 6.45) is 4.86. The van der Waals surface area contributed by atoms with Gasteiger partial charge in [-0.15, -0.1) is 0 Å². The number of anilines is 1. The largest absolute Gasteiger partial charge is 0.462 e. The Morgan fingerprint density at radius 1 is 1.36 bits per heavy atom. The number of hydrogen-bond acceptors (Lipinski definition) is 6. The number of aromatic nitrogens is 2. The molecule has 1 aliphatic heterocycles. The zero-order valence-corrected chi connectivity index (χ0v) is 13.9. The molecule has 0 atom stereocenters. The first kappa shape index (κ1) is 16.5. The van der Waals surface area contributed by atoms with Crippen LogP contribution in [0.1, 0.15) is 12.5 Å². The molecule has 1 aromatic carbocycles. The highest BCUT2D eigenvalue weighted by molar-refractivity contribution is 6.26. The van der Waals surface area contributed by atoms with E-state index in [1.807, 2.05) is 18.2 Å². The van der Waals surface area contributed by atoms with Gasteiger partial charge in [-0.1, -0.05) is 18.2 Å². The molecule has 128 valence electrons. The highest BCUT2D eigenvalue weighted by Gasteiger charge is 2.37. The molecule has 25 heavy (non-hydrogen) atoms. The summed E-state index contributed by atoms with van der Waals surface area (Å²) in [5.74, 6) is -1.15. The SMILES string of the molecule is CCOC(=O)C1=C(Nc2ccccc2)O/C(=C\c2cnn(C)c2)C1=O. The predicted octanol–water partition coefficient (Wildman–Crippen LogP) is 2.25. The third kappa shape index (κ3) is 3.60. The van der Waals surface area contributed by atoms with Crippen LogP contribution in [0.15, 0.2) is 59.9 Å². The number of rotatable bonds is 5. The molecule has 0 radical (unpaired) electrons. The second-order valence-electron chi connectivity index (χ2n) is 5.30. The van der Waals surface area contributed by atoms with Gasteiger partial charge in [-0.3, -0.25) is 9.48 Å². The number of hydrogen-bond donors (Lipinski definition) is 1. The molecule has 3 rings (SSSR count). The molecule has 0 bridgehead atoms. The van der Waals surface area contributed by atoms with Crippen molar-refractivity contribution in [3.8, 4) is 0 Å². The van der Waals surface area contributed by atoms with Gasteiger partial charge >= 0.3 is 5.97 Å². The summed E-state index contributed by atoms with van der Waals surface area (Å²) < 4.78 is 12.2. The average molecular weight is 339 g/mol. The molecule has 0 unspecified atom stereocenters. The third-order valence-electron chi connectivity index (χ3n) is 3.42. The molecule has 1 aliphatic rings. The van der Waals surface area contributed by atoms with Gasteiger partial charge in [0.1, 0.15) is 0 Å². The lowest BCUT2D eigenvalue weighted by atomic mass is 10.1. The fourth-order valence-electron chi connectivity index (χ4n) is 2.32. The number of Topliss-reactive ketones (excluding diaryl/α,β-unsaturated/α-hetero) is 1. The number of para-hydroxylation sites is 1. The Morgan fingerprint density at radius 3 is 2.76 bits per heavy atom. The van der Waals surface area contributed by atoms with Gasteiger partial charge in [0.25, 0.3) is 0 Å². The number of ether oxygens (including phenoxy) is 2. The van der Waals surface area contributed by atoms with Gasteiger partial charge in [0.15, 0.2) is 11.3 Å². The first-order valence-corrected chi connectivity index (χ1v) is 7.75. The number of nitrogens with one attached hydrogen (secondary N) is 1. The van der Waals surface area contributed by atoms with E-state index in [0.29, 0.717) is 11.3 Å². The molecule has 0 spiro atoms. The van der Waals surface area contributed by atoms with Crippen molar-refractivity contribution in [2.75, 3.05) is 11.9 Å². The molecular formula is C18H17N3O4. The summed E-state index contributed by atoms with van der Waals surface area (Å²) in [5, 5.41) is 6.99. The van der Waals surface area contributed by atoms with E-state index in [-0.39, 0.29) is 23.8 Å². The van der Waals surface area contributed by atoms with Crippen LogP contribution in [0.3, 0.4) is 0 Å². The normalized spacial score (nSPS) is 15.4. The lowest BCUT2D eigenvalue weighted by molar-refractivity contribution is -0.139. The van der Waals surface area contributed by atoms with E-state index in [0.717, 1.165) is 0 Å². The smallest absolute Gasteiger partial charge is 0.347 e. The Labute approximate surface area is 144 Å². The molecule has 2 aromatic rings. The fraction of sp³-hybridized carbons (Fsp3) is 0.167. The van der Waals surface area contributed by atoms with Crippen molar-refractivity contribution in [3.63, 3.8) is 0 Å². The van der Waals surface area contributed by atoms with Crippen molar-refractivity contribution < 1.29 is 19.1 Å². The van der Waals surface area contributed by atoms with E-state index in [1.165, 1.54) is 6.08 Å². The predicted molar refractivity (Wildman–Crippen MR) is 91.0 cm³/mol. The molecule has 0 saturated carbocycles. The highest BCUT2D eigenvalue weighted by atomic mass is 16.5. The van der Waals surface area contributed by atoms with Crippen molar-refractivity contribution in [2.24, 2.45) is 7.05 Å². The molecule has 0 aliphatic carbocycles. The van der Waals surface area contributed by atoms with Crippen LogP contribution in [0.2, 0.25) is 0 Å². The maximum Gasteiger partial charge on any atom is 0.347 e. The van der Waals surface area contributed by atoms with Gasteiger partial charge in [0.2, 0.25) is 11.7 Å². The Balaban J connectivity index is 1.93. The van der Waals surface area contributed by atoms with Crippen LogP contribution in [0.4, 0.5) is 5.69 Å². The van der Waals surface area contributed by atoms with Crippen LogP contribution in [-0.4, -0.2) is 28.1 Å². The number of aryl methyl sites for hydroxylation is 1. The Kier molecular flexibility index (Phi) is 4.65. The molecular weight excluding hydrogens is 322 g/mol. The number of carbonyl (C=O) groups excluding carboxylic acids is 2. The van der Waals surface area contributed by atoms with E-state index >= 15 is 0 Å². The fourth-order valence-corrected chi connectivity index (χ4v) is 2.32. The first-order valence-electron chi connectivity index (χ1n) is 7.75. The van der Waals surface area contributed by atoms with Crippen molar-refractivity contribution >= 4 is 23.5 Å². The van der Waals surface area contributed by atoms with Crippen molar-refractivity contribution in [2.45, 2.75) is 6.92 Å². The van der Waals surface area contributed by atoms with Crippen LogP contribution in [0.25, 0.3) is 6.08 Å². The maximum atomic E-state index is 12.6. The number of carbonyl (C=O) groups is 2. The minimum absolute atomic E-state index is 0.0366. The topological polar surface area (TPSA) is 82.4 Å². The Hall–Kier alpha value is -3.35. The summed E-state index contributed by atoms with van der Waals surface area (Å²) in [6.45, 7) is 1.84. The monoisotopic (exact) mass is 339 g/mol. The molecule has 1 aromatic heterocycles. The maximum absolute atomic E-state index is 12.6. The zero-order chi connectivity index (χ0) is 17.8. The molecule has 7 heteroatoms. The van der Waals surface area contributed by atoms with Crippen molar-refractivity contribution in [1.82, 2.24) is 9.78 Å². The minimum Gasteiger partial charge on any atom is -0.462 e. The van der Waals surface area contributed by atoms with Gasteiger partial charge in [-0.2, -0.15) is 5.10 Å². The van der Waals surface area contributed by atoms with Gasteiger partial charge < -0.3 is 14.8 Å². The molecule has 2 heterocycles. The first-order chi connectivity index (χ1) is 12.1. The van der Waals surface area contributed by atoms with Gasteiger partial charge in [0, 0.05) is 24.5 Å². The molecule has 1 N–H and O–H groups in total.